The second-order valence-electron chi connectivity index (χ2n) is 5.41. The SMILES string of the molecule is O=C(Cn1cnc2scc(-c3ccc(F)cc3)c2c1=O)NCC(F)(F)F. The number of hydrogen-bond acceptors (Lipinski definition) is 4. The number of hydrogen-bond donors (Lipinski definition) is 1. The molecule has 0 atom stereocenters. The summed E-state index contributed by atoms with van der Waals surface area (Å²) >= 11 is 1.20. The number of nitrogens with zero attached hydrogens (tertiary/aromatic N) is 2. The van der Waals surface area contributed by atoms with Crippen LogP contribution in [0, 0.1) is 5.82 Å². The largest absolute Gasteiger partial charge is 0.405 e. The molecule has 0 saturated heterocycles. The van der Waals surface area contributed by atoms with Crippen LogP contribution in [0.1, 0.15) is 0 Å². The number of carbonyl (C=O) groups is 1. The monoisotopic (exact) mass is 385 g/mol. The fraction of sp³-hybridized carbons (Fsp3) is 0.188. The maximum atomic E-state index is 13.1. The molecule has 26 heavy (non-hydrogen) atoms. The van der Waals surface area contributed by atoms with E-state index >= 15 is 0 Å². The Balaban J connectivity index is 1.93. The van der Waals surface area contributed by atoms with Crippen LogP contribution >= 0.6 is 11.3 Å². The van der Waals surface area contributed by atoms with Gasteiger partial charge in [0.25, 0.3) is 5.56 Å². The molecule has 0 unspecified atom stereocenters. The van der Waals surface area contributed by atoms with Crippen LogP contribution < -0.4 is 10.9 Å². The van der Waals surface area contributed by atoms with Crippen molar-refractivity contribution in [3.8, 4) is 11.1 Å². The molecule has 0 fully saturated rings. The van der Waals surface area contributed by atoms with Crippen LogP contribution in [0.4, 0.5) is 17.6 Å². The molecule has 0 spiro atoms. The second kappa shape index (κ2) is 6.87. The Morgan fingerprint density at radius 2 is 1.92 bits per heavy atom. The van der Waals surface area contributed by atoms with E-state index in [0.717, 1.165) is 10.9 Å². The van der Waals surface area contributed by atoms with Gasteiger partial charge in [0.05, 0.1) is 11.7 Å². The van der Waals surface area contributed by atoms with E-state index in [1.165, 1.54) is 35.6 Å². The van der Waals surface area contributed by atoms with Crippen LogP contribution in [-0.2, 0) is 11.3 Å². The molecule has 136 valence electrons. The summed E-state index contributed by atoms with van der Waals surface area (Å²) < 4.78 is 50.5. The Kier molecular flexibility index (Phi) is 4.77. The van der Waals surface area contributed by atoms with Gasteiger partial charge in [-0.15, -0.1) is 11.3 Å². The molecule has 1 aromatic carbocycles. The first kappa shape index (κ1) is 18.1. The number of nitrogens with one attached hydrogen (secondary N) is 1. The molecule has 0 bridgehead atoms. The van der Waals surface area contributed by atoms with Gasteiger partial charge in [0.1, 0.15) is 23.7 Å². The summed E-state index contributed by atoms with van der Waals surface area (Å²) in [5.41, 5.74) is 0.557. The molecular weight excluding hydrogens is 374 g/mol. The second-order valence-corrected chi connectivity index (χ2v) is 6.26. The third kappa shape index (κ3) is 3.90. The quantitative estimate of drug-likeness (QED) is 0.703. The number of fused-ring (bicyclic) bond motifs is 1. The molecule has 0 aliphatic rings. The van der Waals surface area contributed by atoms with Crippen LogP contribution in [0.2, 0.25) is 0 Å². The fourth-order valence-corrected chi connectivity index (χ4v) is 3.24. The average molecular weight is 385 g/mol. The van der Waals surface area contributed by atoms with Gasteiger partial charge >= 0.3 is 6.18 Å². The third-order valence-corrected chi connectivity index (χ3v) is 4.40. The Hall–Kier alpha value is -2.75. The smallest absolute Gasteiger partial charge is 0.345 e. The Morgan fingerprint density at radius 1 is 1.23 bits per heavy atom. The first-order valence-electron chi connectivity index (χ1n) is 7.30. The molecule has 3 rings (SSSR count). The number of aromatic nitrogens is 2. The molecule has 2 aromatic heterocycles. The summed E-state index contributed by atoms with van der Waals surface area (Å²) in [6.07, 6.45) is -3.42. The molecule has 10 heteroatoms. The number of rotatable bonds is 4. The van der Waals surface area contributed by atoms with Crippen molar-refractivity contribution in [3.05, 3.63) is 52.1 Å². The third-order valence-electron chi connectivity index (χ3n) is 3.52. The van der Waals surface area contributed by atoms with E-state index in [4.69, 9.17) is 0 Å². The van der Waals surface area contributed by atoms with Crippen molar-refractivity contribution in [1.82, 2.24) is 14.9 Å². The van der Waals surface area contributed by atoms with Gasteiger partial charge < -0.3 is 5.32 Å². The lowest BCUT2D eigenvalue weighted by Crippen LogP contribution is -2.37. The minimum atomic E-state index is -4.54. The molecule has 2 heterocycles. The lowest BCUT2D eigenvalue weighted by molar-refractivity contribution is -0.138. The maximum absolute atomic E-state index is 13.1. The molecule has 5 nitrogen and oxygen atoms in total. The summed E-state index contributed by atoms with van der Waals surface area (Å²) in [6.45, 7) is -2.06. The highest BCUT2D eigenvalue weighted by molar-refractivity contribution is 7.17. The van der Waals surface area contributed by atoms with Crippen molar-refractivity contribution in [2.75, 3.05) is 6.54 Å². The molecular formula is C16H11F4N3O2S. The first-order valence-corrected chi connectivity index (χ1v) is 8.18. The molecule has 0 saturated carbocycles. The van der Waals surface area contributed by atoms with Gasteiger partial charge in [-0.1, -0.05) is 12.1 Å². The van der Waals surface area contributed by atoms with E-state index in [1.54, 1.807) is 10.7 Å². The van der Waals surface area contributed by atoms with Crippen molar-refractivity contribution in [2.24, 2.45) is 0 Å². The van der Waals surface area contributed by atoms with Crippen LogP contribution in [-0.4, -0.2) is 28.2 Å². The fourth-order valence-electron chi connectivity index (χ4n) is 2.33. The van der Waals surface area contributed by atoms with Gasteiger partial charge in [-0.25, -0.2) is 9.37 Å². The van der Waals surface area contributed by atoms with Crippen LogP contribution in [0.25, 0.3) is 21.3 Å². The summed E-state index contributed by atoms with van der Waals surface area (Å²) in [4.78, 5) is 28.8. The van der Waals surface area contributed by atoms with Crippen molar-refractivity contribution in [1.29, 1.82) is 0 Å². The van der Waals surface area contributed by atoms with Crippen molar-refractivity contribution in [3.63, 3.8) is 0 Å². The predicted octanol–water partition coefficient (Wildman–Crippen LogP) is 2.94. The highest BCUT2D eigenvalue weighted by Gasteiger charge is 2.27. The van der Waals surface area contributed by atoms with Gasteiger partial charge in [0, 0.05) is 10.9 Å². The number of amides is 1. The minimum absolute atomic E-state index is 0.229. The van der Waals surface area contributed by atoms with Gasteiger partial charge in [0.2, 0.25) is 5.91 Å². The van der Waals surface area contributed by atoms with Crippen LogP contribution in [0.3, 0.4) is 0 Å². The number of carbonyl (C=O) groups excluding carboxylic acids is 1. The van der Waals surface area contributed by atoms with Crippen molar-refractivity contribution >= 4 is 27.5 Å². The molecule has 0 aliphatic carbocycles. The number of alkyl halides is 3. The van der Waals surface area contributed by atoms with E-state index in [-0.39, 0.29) is 5.39 Å². The number of thiophene rings is 1. The van der Waals surface area contributed by atoms with Gasteiger partial charge in [-0.3, -0.25) is 14.2 Å². The lowest BCUT2D eigenvalue weighted by atomic mass is 10.1. The normalized spacial score (nSPS) is 11.7. The van der Waals surface area contributed by atoms with Crippen LogP contribution in [0.5, 0.6) is 0 Å². The number of halogens is 4. The Bertz CT molecular complexity index is 1010. The van der Waals surface area contributed by atoms with E-state index in [2.05, 4.69) is 4.98 Å². The maximum Gasteiger partial charge on any atom is 0.405 e. The van der Waals surface area contributed by atoms with E-state index in [1.807, 2.05) is 0 Å². The lowest BCUT2D eigenvalue weighted by Gasteiger charge is -2.09. The van der Waals surface area contributed by atoms with E-state index in [9.17, 15) is 27.2 Å². The van der Waals surface area contributed by atoms with E-state index in [0.29, 0.717) is 16.0 Å². The van der Waals surface area contributed by atoms with Gasteiger partial charge in [-0.05, 0) is 17.7 Å². The zero-order chi connectivity index (χ0) is 18.9. The molecule has 0 aliphatic heterocycles. The summed E-state index contributed by atoms with van der Waals surface area (Å²) in [5.74, 6) is -1.38. The Labute approximate surface area is 147 Å². The zero-order valence-electron chi connectivity index (χ0n) is 13.0. The van der Waals surface area contributed by atoms with Crippen LogP contribution in [0.15, 0.2) is 40.8 Å². The zero-order valence-corrected chi connectivity index (χ0v) is 13.8. The summed E-state index contributed by atoms with van der Waals surface area (Å²) in [7, 11) is 0. The number of benzene rings is 1. The first-order chi connectivity index (χ1) is 12.2. The summed E-state index contributed by atoms with van der Waals surface area (Å²) in [6, 6.07) is 5.50. The topological polar surface area (TPSA) is 64.0 Å². The highest BCUT2D eigenvalue weighted by atomic mass is 32.1. The standard InChI is InChI=1S/C16H11F4N3O2S/c17-10-3-1-9(2-4-10)11-6-26-14-13(11)15(25)23(8-22-14)5-12(24)21-7-16(18,19)20/h1-4,6,8H,5,7H2,(H,21,24). The predicted molar refractivity (Wildman–Crippen MR) is 88.3 cm³/mol. The highest BCUT2D eigenvalue weighted by Crippen LogP contribution is 2.30. The molecule has 1 amide bonds. The van der Waals surface area contributed by atoms with Gasteiger partial charge in [-0.2, -0.15) is 13.2 Å². The van der Waals surface area contributed by atoms with Crippen molar-refractivity contribution in [2.45, 2.75) is 12.7 Å². The average Bonchev–Trinajstić information content (AvgIpc) is 3.00. The molecule has 0 radical (unpaired) electrons. The Morgan fingerprint density at radius 3 is 2.58 bits per heavy atom. The van der Waals surface area contributed by atoms with E-state index < -0.39 is 36.5 Å². The van der Waals surface area contributed by atoms with Crippen molar-refractivity contribution < 1.29 is 22.4 Å². The van der Waals surface area contributed by atoms with Gasteiger partial charge in [0.15, 0.2) is 0 Å². The molecule has 3 aromatic rings. The molecule has 1 N–H and O–H groups in total. The summed E-state index contributed by atoms with van der Waals surface area (Å²) in [5, 5.41) is 3.61. The minimum Gasteiger partial charge on any atom is -0.345 e.